The lowest BCUT2D eigenvalue weighted by Crippen LogP contribution is -2.38. The predicted octanol–water partition coefficient (Wildman–Crippen LogP) is 4.06. The quantitative estimate of drug-likeness (QED) is 0.552. The van der Waals surface area contributed by atoms with E-state index in [4.69, 9.17) is 0 Å². The Morgan fingerprint density at radius 1 is 0.941 bits per heavy atom. The van der Waals surface area contributed by atoms with Gasteiger partial charge in [0.25, 0.3) is 5.91 Å². The highest BCUT2D eigenvalue weighted by atomic mass is 32.2. The SMILES string of the molecule is O=C(c1cnn2ccc(C3CCN(S(=O)(=O)Cc4ccccc4)CC3)cc12)N1CCCCCC1. The van der Waals surface area contributed by atoms with Gasteiger partial charge in [-0.05, 0) is 54.9 Å². The molecule has 0 bridgehead atoms. The number of likely N-dealkylation sites (tertiary alicyclic amines) is 1. The summed E-state index contributed by atoms with van der Waals surface area (Å²) in [6, 6.07) is 13.5. The van der Waals surface area contributed by atoms with Crippen molar-refractivity contribution >= 4 is 21.4 Å². The van der Waals surface area contributed by atoms with Crippen molar-refractivity contribution in [1.29, 1.82) is 0 Å². The number of hydrogen-bond acceptors (Lipinski definition) is 4. The van der Waals surface area contributed by atoms with E-state index in [1.54, 1.807) is 15.0 Å². The van der Waals surface area contributed by atoms with E-state index < -0.39 is 10.0 Å². The summed E-state index contributed by atoms with van der Waals surface area (Å²) in [5, 5.41) is 4.41. The summed E-state index contributed by atoms with van der Waals surface area (Å²) in [7, 11) is -3.33. The first-order valence-corrected chi connectivity index (χ1v) is 13.9. The third kappa shape index (κ3) is 4.88. The Kier molecular flexibility index (Phi) is 6.70. The Labute approximate surface area is 201 Å². The van der Waals surface area contributed by atoms with Crippen LogP contribution in [-0.4, -0.2) is 59.3 Å². The van der Waals surface area contributed by atoms with Crippen LogP contribution in [0.4, 0.5) is 0 Å². The van der Waals surface area contributed by atoms with Crippen molar-refractivity contribution in [3.8, 4) is 0 Å². The van der Waals surface area contributed by atoms with E-state index in [9.17, 15) is 13.2 Å². The second kappa shape index (κ2) is 9.88. The van der Waals surface area contributed by atoms with E-state index in [1.165, 1.54) is 12.8 Å². The summed E-state index contributed by atoms with van der Waals surface area (Å²) >= 11 is 0. The molecule has 0 atom stereocenters. The largest absolute Gasteiger partial charge is 0.339 e. The van der Waals surface area contributed by atoms with Gasteiger partial charge in [0.1, 0.15) is 0 Å². The molecular weight excluding hydrogens is 448 g/mol. The number of hydrogen-bond donors (Lipinski definition) is 0. The summed E-state index contributed by atoms with van der Waals surface area (Å²) in [4.78, 5) is 15.2. The molecule has 2 saturated heterocycles. The van der Waals surface area contributed by atoms with Gasteiger partial charge in [-0.1, -0.05) is 43.2 Å². The van der Waals surface area contributed by atoms with Crippen molar-refractivity contribution in [2.75, 3.05) is 26.2 Å². The number of pyridine rings is 1. The lowest BCUT2D eigenvalue weighted by atomic mass is 9.90. The Balaban J connectivity index is 1.29. The number of carbonyl (C=O) groups is 1. The average Bonchev–Trinajstić information content (AvgIpc) is 3.08. The first-order chi connectivity index (χ1) is 16.5. The highest BCUT2D eigenvalue weighted by Crippen LogP contribution is 2.31. The van der Waals surface area contributed by atoms with Crippen molar-refractivity contribution in [2.45, 2.75) is 50.2 Å². The lowest BCUT2D eigenvalue weighted by molar-refractivity contribution is 0.0763. The minimum atomic E-state index is -3.33. The second-order valence-corrected chi connectivity index (χ2v) is 11.4. The molecule has 7 nitrogen and oxygen atoms in total. The molecule has 1 aromatic carbocycles. The van der Waals surface area contributed by atoms with Crippen LogP contribution in [0.15, 0.2) is 54.9 Å². The number of rotatable bonds is 5. The molecular formula is C26H32N4O3S. The summed E-state index contributed by atoms with van der Waals surface area (Å²) in [5.74, 6) is 0.377. The Morgan fingerprint density at radius 2 is 1.65 bits per heavy atom. The van der Waals surface area contributed by atoms with Crippen molar-refractivity contribution in [2.24, 2.45) is 0 Å². The normalized spacial score (nSPS) is 18.8. The maximum atomic E-state index is 13.2. The molecule has 0 spiro atoms. The molecule has 3 aromatic rings. The van der Waals surface area contributed by atoms with Gasteiger partial charge in [-0.2, -0.15) is 5.10 Å². The third-order valence-electron chi connectivity index (χ3n) is 7.18. The molecule has 1 amide bonds. The molecule has 5 rings (SSSR count). The van der Waals surface area contributed by atoms with Crippen LogP contribution < -0.4 is 0 Å². The van der Waals surface area contributed by atoms with Gasteiger partial charge in [0.2, 0.25) is 10.0 Å². The highest BCUT2D eigenvalue weighted by Gasteiger charge is 2.29. The Morgan fingerprint density at radius 3 is 2.35 bits per heavy atom. The number of carbonyl (C=O) groups excluding carboxylic acids is 1. The molecule has 34 heavy (non-hydrogen) atoms. The van der Waals surface area contributed by atoms with Crippen molar-refractivity contribution in [3.05, 3.63) is 71.5 Å². The molecule has 2 aliphatic heterocycles. The average molecular weight is 481 g/mol. The molecule has 0 aliphatic carbocycles. The minimum Gasteiger partial charge on any atom is -0.339 e. The predicted molar refractivity (Wildman–Crippen MR) is 132 cm³/mol. The highest BCUT2D eigenvalue weighted by molar-refractivity contribution is 7.88. The first kappa shape index (κ1) is 23.1. The zero-order chi connectivity index (χ0) is 23.5. The van der Waals surface area contributed by atoms with Crippen LogP contribution in [0.3, 0.4) is 0 Å². The van der Waals surface area contributed by atoms with Crippen molar-refractivity contribution in [3.63, 3.8) is 0 Å². The number of piperidine rings is 1. The molecule has 4 heterocycles. The number of amides is 1. The van der Waals surface area contributed by atoms with Gasteiger partial charge in [0, 0.05) is 32.4 Å². The number of fused-ring (bicyclic) bond motifs is 1. The van der Waals surface area contributed by atoms with Gasteiger partial charge in [-0.15, -0.1) is 0 Å². The number of benzene rings is 1. The molecule has 8 heteroatoms. The molecule has 2 aromatic heterocycles. The molecule has 0 saturated carbocycles. The molecule has 0 radical (unpaired) electrons. The van der Waals surface area contributed by atoms with Gasteiger partial charge in [0.05, 0.1) is 23.0 Å². The maximum absolute atomic E-state index is 13.2. The standard InChI is InChI=1S/C26H32N4O3S/c31-26(28-13-6-1-2-7-14-28)24-19-27-30-17-12-23(18-25(24)30)22-10-15-29(16-11-22)34(32,33)20-21-8-4-3-5-9-21/h3-5,8-9,12,17-19,22H,1-2,6-7,10-11,13-16,20H2. The fourth-order valence-corrected chi connectivity index (χ4v) is 6.77. The third-order valence-corrected chi connectivity index (χ3v) is 9.03. The zero-order valence-electron chi connectivity index (χ0n) is 19.5. The second-order valence-electron chi connectivity index (χ2n) is 9.47. The molecule has 180 valence electrons. The van der Waals surface area contributed by atoms with Crippen LogP contribution >= 0.6 is 0 Å². The van der Waals surface area contributed by atoms with E-state index in [1.807, 2.05) is 41.4 Å². The fourth-order valence-electron chi connectivity index (χ4n) is 5.20. The molecule has 2 fully saturated rings. The van der Waals surface area contributed by atoms with E-state index >= 15 is 0 Å². The van der Waals surface area contributed by atoms with Crippen LogP contribution in [0, 0.1) is 0 Å². The van der Waals surface area contributed by atoms with E-state index in [2.05, 4.69) is 17.2 Å². The molecule has 0 N–H and O–H groups in total. The van der Waals surface area contributed by atoms with Gasteiger partial charge in [-0.3, -0.25) is 4.79 Å². The minimum absolute atomic E-state index is 0.0439. The summed E-state index contributed by atoms with van der Waals surface area (Å²) < 4.78 is 29.2. The van der Waals surface area contributed by atoms with E-state index in [-0.39, 0.29) is 17.6 Å². The number of aromatic nitrogens is 2. The first-order valence-electron chi connectivity index (χ1n) is 12.3. The smallest absolute Gasteiger partial charge is 0.257 e. The van der Waals surface area contributed by atoms with Crippen LogP contribution in [0.25, 0.3) is 5.52 Å². The van der Waals surface area contributed by atoms with Gasteiger partial charge in [0.15, 0.2) is 0 Å². The van der Waals surface area contributed by atoms with Crippen LogP contribution in [0.2, 0.25) is 0 Å². The lowest BCUT2D eigenvalue weighted by Gasteiger charge is -2.31. The zero-order valence-corrected chi connectivity index (χ0v) is 20.3. The van der Waals surface area contributed by atoms with Gasteiger partial charge in [-0.25, -0.2) is 17.2 Å². The van der Waals surface area contributed by atoms with Crippen molar-refractivity contribution < 1.29 is 13.2 Å². The maximum Gasteiger partial charge on any atom is 0.257 e. The number of nitrogens with zero attached hydrogens (tertiary/aromatic N) is 4. The number of sulfonamides is 1. The van der Waals surface area contributed by atoms with E-state index in [0.29, 0.717) is 18.7 Å². The van der Waals surface area contributed by atoms with Crippen LogP contribution in [-0.2, 0) is 15.8 Å². The van der Waals surface area contributed by atoms with Crippen LogP contribution in [0.1, 0.15) is 65.9 Å². The summed E-state index contributed by atoms with van der Waals surface area (Å²) in [6.07, 6.45) is 9.63. The Hall–Kier alpha value is -2.71. The van der Waals surface area contributed by atoms with Gasteiger partial charge < -0.3 is 4.90 Å². The molecule has 2 aliphatic rings. The summed E-state index contributed by atoms with van der Waals surface area (Å²) in [5.41, 5.74) is 3.47. The monoisotopic (exact) mass is 480 g/mol. The van der Waals surface area contributed by atoms with E-state index in [0.717, 1.165) is 55.4 Å². The summed E-state index contributed by atoms with van der Waals surface area (Å²) in [6.45, 7) is 2.66. The Bertz CT molecular complexity index is 1240. The van der Waals surface area contributed by atoms with Crippen molar-refractivity contribution in [1.82, 2.24) is 18.8 Å². The molecule has 0 unspecified atom stereocenters. The van der Waals surface area contributed by atoms with Gasteiger partial charge >= 0.3 is 0 Å². The van der Waals surface area contributed by atoms with Crippen LogP contribution in [0.5, 0.6) is 0 Å². The fraction of sp³-hybridized carbons (Fsp3) is 0.462. The topological polar surface area (TPSA) is 75.0 Å².